The molecule has 1 aromatic carbocycles. The highest BCUT2D eigenvalue weighted by molar-refractivity contribution is 6.25. The average Bonchev–Trinajstić information content (AvgIpc) is 3.06. The number of rotatable bonds is 13. The molecular weight excluding hydrogens is 452 g/mol. The summed E-state index contributed by atoms with van der Waals surface area (Å²) in [6, 6.07) is 4.03. The van der Waals surface area contributed by atoms with E-state index in [1.165, 1.54) is 0 Å². The van der Waals surface area contributed by atoms with Gasteiger partial charge in [-0.3, -0.25) is 34.2 Å². The fourth-order valence-corrected chi connectivity index (χ4v) is 4.44. The number of aliphatic hydroxyl groups is 1. The molecular formula is C25H34N4O6. The van der Waals surface area contributed by atoms with Crippen LogP contribution in [0, 0.1) is 0 Å². The van der Waals surface area contributed by atoms with Crippen LogP contribution in [0.15, 0.2) is 18.2 Å². The lowest BCUT2D eigenvalue weighted by Crippen LogP contribution is -2.54. The molecule has 10 heteroatoms. The third kappa shape index (κ3) is 6.66. The van der Waals surface area contributed by atoms with Gasteiger partial charge < -0.3 is 15.7 Å². The van der Waals surface area contributed by atoms with Gasteiger partial charge >= 0.3 is 0 Å². The van der Waals surface area contributed by atoms with Crippen molar-refractivity contribution < 1.29 is 29.1 Å². The van der Waals surface area contributed by atoms with Crippen LogP contribution in [0.2, 0.25) is 0 Å². The zero-order valence-corrected chi connectivity index (χ0v) is 20.1. The van der Waals surface area contributed by atoms with Gasteiger partial charge in [0.2, 0.25) is 17.7 Å². The number of anilines is 1. The number of nitrogens with zero attached hydrogens (tertiary/aromatic N) is 1. The highest BCUT2D eigenvalue weighted by atomic mass is 16.3. The highest BCUT2D eigenvalue weighted by Gasteiger charge is 2.45. The Bertz CT molecular complexity index is 979. The van der Waals surface area contributed by atoms with Gasteiger partial charge in [0.15, 0.2) is 0 Å². The number of carbonyl (C=O) groups is 5. The molecule has 190 valence electrons. The number of hydrogen-bond donors (Lipinski definition) is 4. The predicted octanol–water partition coefficient (Wildman–Crippen LogP) is 1.73. The first kappa shape index (κ1) is 26.3. The van der Waals surface area contributed by atoms with E-state index < -0.39 is 29.7 Å². The number of unbranched alkanes of at least 4 members (excludes halogenated alkanes) is 4. The number of imide groups is 2. The Morgan fingerprint density at radius 3 is 2.60 bits per heavy atom. The number of aliphatic hydroxyl groups excluding tert-OH is 1. The molecule has 35 heavy (non-hydrogen) atoms. The first-order valence-electron chi connectivity index (χ1n) is 12.3. The van der Waals surface area contributed by atoms with Crippen LogP contribution in [-0.2, 0) is 14.4 Å². The summed E-state index contributed by atoms with van der Waals surface area (Å²) in [5.41, 5.74) is 1.09. The predicted molar refractivity (Wildman–Crippen MR) is 129 cm³/mol. The smallest absolute Gasteiger partial charge is 0.264 e. The first-order chi connectivity index (χ1) is 16.8. The fraction of sp³-hybridized carbons (Fsp3) is 0.560. The molecule has 5 amide bonds. The van der Waals surface area contributed by atoms with Gasteiger partial charge in [0.05, 0.1) is 11.1 Å². The van der Waals surface area contributed by atoms with Crippen LogP contribution in [0.25, 0.3) is 0 Å². The van der Waals surface area contributed by atoms with Crippen molar-refractivity contribution >= 4 is 35.2 Å². The number of benzene rings is 1. The Labute approximate surface area is 204 Å². The molecule has 0 spiro atoms. The van der Waals surface area contributed by atoms with Crippen LogP contribution in [0.4, 0.5) is 5.69 Å². The number of nitrogens with one attached hydrogen (secondary N) is 3. The maximum atomic E-state index is 13.1. The summed E-state index contributed by atoms with van der Waals surface area (Å²) in [4.78, 5) is 62.4. The van der Waals surface area contributed by atoms with Gasteiger partial charge in [-0.1, -0.05) is 25.3 Å². The molecule has 3 rings (SSSR count). The van der Waals surface area contributed by atoms with Crippen molar-refractivity contribution in [3.8, 4) is 0 Å². The van der Waals surface area contributed by atoms with E-state index in [4.69, 9.17) is 5.11 Å². The van der Waals surface area contributed by atoms with Crippen LogP contribution >= 0.6 is 0 Å². The standard InChI is InChI=1S/C25H34N4O6/c1-16(13-15-30)27-20(31)10-5-3-2-4-6-14-26-18-9-7-8-17-22(18)25(35)29(24(17)34)19-11-12-21(32)28-23(19)33/h7-9,16,19,26,30H,2-6,10-15H2,1H3,(H,27,31)(H,28,32,33)/t16-,19?/m0/s1. The van der Waals surface area contributed by atoms with E-state index in [1.807, 2.05) is 6.92 Å². The summed E-state index contributed by atoms with van der Waals surface area (Å²) in [7, 11) is 0. The maximum Gasteiger partial charge on any atom is 0.264 e. The first-order valence-corrected chi connectivity index (χ1v) is 12.3. The molecule has 0 aliphatic carbocycles. The molecule has 2 aliphatic rings. The normalized spacial score (nSPS) is 18.3. The molecule has 0 aromatic heterocycles. The molecule has 2 atom stereocenters. The fourth-order valence-electron chi connectivity index (χ4n) is 4.44. The Balaban J connectivity index is 1.42. The molecule has 10 nitrogen and oxygen atoms in total. The van der Waals surface area contributed by atoms with Crippen molar-refractivity contribution in [2.24, 2.45) is 0 Å². The highest BCUT2D eigenvalue weighted by Crippen LogP contribution is 2.32. The van der Waals surface area contributed by atoms with Crippen molar-refractivity contribution in [3.05, 3.63) is 29.3 Å². The second-order valence-electron chi connectivity index (χ2n) is 9.10. The Morgan fingerprint density at radius 1 is 1.11 bits per heavy atom. The third-order valence-electron chi connectivity index (χ3n) is 6.33. The van der Waals surface area contributed by atoms with E-state index >= 15 is 0 Å². The minimum atomic E-state index is -0.979. The van der Waals surface area contributed by atoms with Crippen molar-refractivity contribution in [1.82, 2.24) is 15.5 Å². The van der Waals surface area contributed by atoms with Crippen molar-refractivity contribution in [2.75, 3.05) is 18.5 Å². The van der Waals surface area contributed by atoms with Crippen LogP contribution in [-0.4, -0.2) is 64.8 Å². The zero-order valence-electron chi connectivity index (χ0n) is 20.1. The molecule has 1 aromatic rings. The minimum Gasteiger partial charge on any atom is -0.396 e. The molecule has 1 saturated heterocycles. The van der Waals surface area contributed by atoms with E-state index in [-0.39, 0.29) is 42.5 Å². The second kappa shape index (κ2) is 12.4. The van der Waals surface area contributed by atoms with Gasteiger partial charge in [0.1, 0.15) is 6.04 Å². The molecule has 4 N–H and O–H groups in total. The van der Waals surface area contributed by atoms with Gasteiger partial charge in [0.25, 0.3) is 11.8 Å². The van der Waals surface area contributed by atoms with Crippen LogP contribution in [0.3, 0.4) is 0 Å². The van der Waals surface area contributed by atoms with Crippen LogP contribution in [0.5, 0.6) is 0 Å². The van der Waals surface area contributed by atoms with Gasteiger partial charge in [-0.25, -0.2) is 0 Å². The summed E-state index contributed by atoms with van der Waals surface area (Å²) >= 11 is 0. The summed E-state index contributed by atoms with van der Waals surface area (Å²) in [5, 5.41) is 17.2. The zero-order chi connectivity index (χ0) is 25.4. The van der Waals surface area contributed by atoms with E-state index in [0.717, 1.165) is 37.0 Å². The lowest BCUT2D eigenvalue weighted by molar-refractivity contribution is -0.136. The number of carbonyl (C=O) groups excluding carboxylic acids is 5. The Morgan fingerprint density at radius 2 is 1.86 bits per heavy atom. The van der Waals surface area contributed by atoms with Crippen molar-refractivity contribution in [1.29, 1.82) is 0 Å². The van der Waals surface area contributed by atoms with E-state index in [0.29, 0.717) is 25.1 Å². The maximum absolute atomic E-state index is 13.1. The molecule has 0 bridgehead atoms. The largest absolute Gasteiger partial charge is 0.396 e. The Hall–Kier alpha value is -3.27. The summed E-state index contributed by atoms with van der Waals surface area (Å²) in [6.07, 6.45) is 5.80. The molecule has 2 aliphatic heterocycles. The van der Waals surface area contributed by atoms with Gasteiger partial charge in [-0.15, -0.1) is 0 Å². The summed E-state index contributed by atoms with van der Waals surface area (Å²) < 4.78 is 0. The lowest BCUT2D eigenvalue weighted by Gasteiger charge is -2.27. The number of piperidine rings is 1. The number of amides is 5. The van der Waals surface area contributed by atoms with Gasteiger partial charge in [-0.05, 0) is 44.7 Å². The molecule has 2 heterocycles. The minimum absolute atomic E-state index is 0.0103. The number of fused-ring (bicyclic) bond motifs is 1. The molecule has 1 unspecified atom stereocenters. The third-order valence-corrected chi connectivity index (χ3v) is 6.33. The van der Waals surface area contributed by atoms with E-state index in [2.05, 4.69) is 16.0 Å². The summed E-state index contributed by atoms with van der Waals surface area (Å²) in [5.74, 6) is -2.05. The number of hydrogen-bond acceptors (Lipinski definition) is 7. The van der Waals surface area contributed by atoms with Crippen molar-refractivity contribution in [3.63, 3.8) is 0 Å². The molecule has 1 fully saturated rings. The monoisotopic (exact) mass is 486 g/mol. The van der Waals surface area contributed by atoms with E-state index in [1.54, 1.807) is 18.2 Å². The topological polar surface area (TPSA) is 145 Å². The molecule has 0 saturated carbocycles. The quantitative estimate of drug-likeness (QED) is 0.245. The SMILES string of the molecule is C[C@@H](CCO)NC(=O)CCCCCCCNc1cccc2c1C(=O)N(C1CCC(=O)NC1=O)C2=O. The van der Waals surface area contributed by atoms with Crippen LogP contribution in [0.1, 0.15) is 85.4 Å². The van der Waals surface area contributed by atoms with Gasteiger partial charge in [0, 0.05) is 37.7 Å². The Kier molecular flexibility index (Phi) is 9.36. The van der Waals surface area contributed by atoms with E-state index in [9.17, 15) is 24.0 Å². The molecule has 0 radical (unpaired) electrons. The van der Waals surface area contributed by atoms with Crippen molar-refractivity contribution in [2.45, 2.75) is 76.8 Å². The lowest BCUT2D eigenvalue weighted by atomic mass is 10.0. The van der Waals surface area contributed by atoms with Crippen LogP contribution < -0.4 is 16.0 Å². The second-order valence-corrected chi connectivity index (χ2v) is 9.10. The van der Waals surface area contributed by atoms with Gasteiger partial charge in [-0.2, -0.15) is 0 Å². The summed E-state index contributed by atoms with van der Waals surface area (Å²) in [6.45, 7) is 2.55. The average molecular weight is 487 g/mol.